The zero-order valence-electron chi connectivity index (χ0n) is 15.1. The summed E-state index contributed by atoms with van der Waals surface area (Å²) in [7, 11) is -3.73. The molecule has 0 aromatic heterocycles. The van der Waals surface area contributed by atoms with Crippen LogP contribution in [-0.4, -0.2) is 38.2 Å². The topological polar surface area (TPSA) is 75.3 Å². The van der Waals surface area contributed by atoms with Crippen molar-refractivity contribution in [2.45, 2.75) is 68.1 Å². The SMILES string of the molecule is Cc1ccc(C)c(S(=O)(=O)C2(C(=O)NC3CCNCC3)CCCC2)c1. The third-order valence-electron chi connectivity index (χ3n) is 5.65. The minimum atomic E-state index is -3.73. The molecule has 5 nitrogen and oxygen atoms in total. The summed E-state index contributed by atoms with van der Waals surface area (Å²) in [6.07, 6.45) is 4.10. The molecule has 1 aromatic rings. The Morgan fingerprint density at radius 1 is 1.16 bits per heavy atom. The average Bonchev–Trinajstić information content (AvgIpc) is 3.09. The molecule has 0 radical (unpaired) electrons. The Morgan fingerprint density at radius 2 is 1.80 bits per heavy atom. The lowest BCUT2D eigenvalue weighted by atomic mass is 10.0. The molecule has 1 amide bonds. The highest BCUT2D eigenvalue weighted by Crippen LogP contribution is 2.42. The zero-order chi connectivity index (χ0) is 18.1. The summed E-state index contributed by atoms with van der Waals surface area (Å²) in [4.78, 5) is 13.5. The molecule has 138 valence electrons. The van der Waals surface area contributed by atoms with Crippen molar-refractivity contribution in [3.8, 4) is 0 Å². The fourth-order valence-corrected chi connectivity index (χ4v) is 6.44. The molecule has 1 saturated carbocycles. The van der Waals surface area contributed by atoms with Gasteiger partial charge in [-0.05, 0) is 69.8 Å². The van der Waals surface area contributed by atoms with Gasteiger partial charge in [-0.2, -0.15) is 0 Å². The van der Waals surface area contributed by atoms with Crippen LogP contribution in [0, 0.1) is 13.8 Å². The number of nitrogens with one attached hydrogen (secondary N) is 2. The summed E-state index contributed by atoms with van der Waals surface area (Å²) in [5, 5.41) is 6.32. The van der Waals surface area contributed by atoms with Crippen LogP contribution in [0.4, 0.5) is 0 Å². The number of aryl methyl sites for hydroxylation is 2. The van der Waals surface area contributed by atoms with E-state index in [1.165, 1.54) is 0 Å². The van der Waals surface area contributed by atoms with Crippen molar-refractivity contribution in [2.75, 3.05) is 13.1 Å². The van der Waals surface area contributed by atoms with E-state index in [4.69, 9.17) is 0 Å². The molecule has 3 rings (SSSR count). The third-order valence-corrected chi connectivity index (χ3v) is 8.29. The van der Waals surface area contributed by atoms with Crippen LogP contribution >= 0.6 is 0 Å². The van der Waals surface area contributed by atoms with Gasteiger partial charge in [-0.25, -0.2) is 8.42 Å². The second kappa shape index (κ2) is 7.08. The number of hydrogen-bond donors (Lipinski definition) is 2. The lowest BCUT2D eigenvalue weighted by molar-refractivity contribution is -0.124. The van der Waals surface area contributed by atoms with Crippen molar-refractivity contribution in [3.63, 3.8) is 0 Å². The van der Waals surface area contributed by atoms with E-state index in [0.29, 0.717) is 23.3 Å². The standard InChI is InChI=1S/C19H28N2O3S/c1-14-5-6-15(2)17(13-14)25(23,24)19(9-3-4-10-19)18(22)21-16-7-11-20-12-8-16/h5-6,13,16,20H,3-4,7-12H2,1-2H3,(H,21,22). The number of amides is 1. The number of hydrogen-bond acceptors (Lipinski definition) is 4. The predicted octanol–water partition coefficient (Wildman–Crippen LogP) is 2.26. The van der Waals surface area contributed by atoms with Crippen LogP contribution in [-0.2, 0) is 14.6 Å². The van der Waals surface area contributed by atoms with Gasteiger partial charge < -0.3 is 10.6 Å². The fraction of sp³-hybridized carbons (Fsp3) is 0.632. The Kier molecular flexibility index (Phi) is 5.21. The average molecular weight is 365 g/mol. The van der Waals surface area contributed by atoms with E-state index in [2.05, 4.69) is 10.6 Å². The molecule has 25 heavy (non-hydrogen) atoms. The molecule has 0 unspecified atom stereocenters. The minimum absolute atomic E-state index is 0.0695. The van der Waals surface area contributed by atoms with Crippen molar-refractivity contribution >= 4 is 15.7 Å². The molecule has 1 saturated heterocycles. The van der Waals surface area contributed by atoms with Gasteiger partial charge in [0, 0.05) is 6.04 Å². The maximum absolute atomic E-state index is 13.5. The van der Waals surface area contributed by atoms with Crippen LogP contribution in [0.1, 0.15) is 49.7 Å². The van der Waals surface area contributed by atoms with Crippen LogP contribution in [0.25, 0.3) is 0 Å². The summed E-state index contributed by atoms with van der Waals surface area (Å²) in [6.45, 7) is 5.41. The molecule has 1 heterocycles. The second-order valence-electron chi connectivity index (χ2n) is 7.47. The first-order valence-electron chi connectivity index (χ1n) is 9.20. The molecule has 6 heteroatoms. The largest absolute Gasteiger partial charge is 0.352 e. The molecular weight excluding hydrogens is 336 g/mol. The summed E-state index contributed by atoms with van der Waals surface area (Å²) >= 11 is 0. The number of benzene rings is 1. The van der Waals surface area contributed by atoms with Gasteiger partial charge in [0.1, 0.15) is 0 Å². The molecule has 2 N–H and O–H groups in total. The Morgan fingerprint density at radius 3 is 2.44 bits per heavy atom. The molecule has 1 aliphatic heterocycles. The quantitative estimate of drug-likeness (QED) is 0.859. The van der Waals surface area contributed by atoms with E-state index < -0.39 is 14.6 Å². The number of piperidine rings is 1. The van der Waals surface area contributed by atoms with E-state index in [0.717, 1.165) is 44.3 Å². The maximum Gasteiger partial charge on any atom is 0.242 e. The van der Waals surface area contributed by atoms with Crippen molar-refractivity contribution in [1.82, 2.24) is 10.6 Å². The number of rotatable bonds is 4. The minimum Gasteiger partial charge on any atom is -0.352 e. The molecule has 0 spiro atoms. The van der Waals surface area contributed by atoms with Gasteiger partial charge >= 0.3 is 0 Å². The number of carbonyl (C=O) groups excluding carboxylic acids is 1. The summed E-state index contributed by atoms with van der Waals surface area (Å²) < 4.78 is 25.8. The van der Waals surface area contributed by atoms with Gasteiger partial charge in [0.25, 0.3) is 0 Å². The molecule has 0 atom stereocenters. The number of sulfone groups is 1. The first kappa shape index (κ1) is 18.4. The van der Waals surface area contributed by atoms with Gasteiger partial charge in [0.2, 0.25) is 5.91 Å². The smallest absolute Gasteiger partial charge is 0.242 e. The van der Waals surface area contributed by atoms with Crippen LogP contribution in [0.5, 0.6) is 0 Å². The summed E-state index contributed by atoms with van der Waals surface area (Å²) in [6, 6.07) is 5.52. The van der Waals surface area contributed by atoms with Crippen LogP contribution in [0.2, 0.25) is 0 Å². The van der Waals surface area contributed by atoms with Gasteiger partial charge in [-0.15, -0.1) is 0 Å². The molecule has 1 aromatic carbocycles. The Labute approximate surface area is 150 Å². The van der Waals surface area contributed by atoms with Crippen LogP contribution in [0.3, 0.4) is 0 Å². The first-order chi connectivity index (χ1) is 11.9. The van der Waals surface area contributed by atoms with Crippen LogP contribution in [0.15, 0.2) is 23.1 Å². The molecule has 0 bridgehead atoms. The lowest BCUT2D eigenvalue weighted by Crippen LogP contribution is -2.54. The lowest BCUT2D eigenvalue weighted by Gasteiger charge is -2.32. The van der Waals surface area contributed by atoms with E-state index >= 15 is 0 Å². The second-order valence-corrected chi connectivity index (χ2v) is 9.70. The molecule has 2 aliphatic rings. The van der Waals surface area contributed by atoms with Gasteiger partial charge in [-0.3, -0.25) is 4.79 Å². The maximum atomic E-state index is 13.5. The van der Waals surface area contributed by atoms with E-state index in [1.807, 2.05) is 19.1 Å². The normalized spacial score (nSPS) is 21.2. The van der Waals surface area contributed by atoms with Crippen molar-refractivity contribution in [1.29, 1.82) is 0 Å². The Hall–Kier alpha value is -1.40. The predicted molar refractivity (Wildman–Crippen MR) is 98.3 cm³/mol. The first-order valence-corrected chi connectivity index (χ1v) is 10.7. The van der Waals surface area contributed by atoms with E-state index in [-0.39, 0.29) is 11.9 Å². The highest BCUT2D eigenvalue weighted by atomic mass is 32.2. The highest BCUT2D eigenvalue weighted by Gasteiger charge is 2.53. The monoisotopic (exact) mass is 364 g/mol. The van der Waals surface area contributed by atoms with E-state index in [9.17, 15) is 13.2 Å². The number of carbonyl (C=O) groups is 1. The summed E-state index contributed by atoms with van der Waals surface area (Å²) in [5.41, 5.74) is 1.61. The van der Waals surface area contributed by atoms with Crippen LogP contribution < -0.4 is 10.6 Å². The van der Waals surface area contributed by atoms with E-state index in [1.54, 1.807) is 13.0 Å². The third kappa shape index (κ3) is 3.34. The van der Waals surface area contributed by atoms with Gasteiger partial charge in [0.05, 0.1) is 4.90 Å². The molecule has 2 fully saturated rings. The molecule has 1 aliphatic carbocycles. The van der Waals surface area contributed by atoms with Crippen molar-refractivity contribution < 1.29 is 13.2 Å². The van der Waals surface area contributed by atoms with Gasteiger partial charge in [-0.1, -0.05) is 25.0 Å². The van der Waals surface area contributed by atoms with Gasteiger partial charge in [0.15, 0.2) is 14.6 Å². The zero-order valence-corrected chi connectivity index (χ0v) is 15.9. The summed E-state index contributed by atoms with van der Waals surface area (Å²) in [5.74, 6) is -0.294. The highest BCUT2D eigenvalue weighted by molar-refractivity contribution is 7.93. The van der Waals surface area contributed by atoms with Crippen molar-refractivity contribution in [2.24, 2.45) is 0 Å². The molecular formula is C19H28N2O3S. The Balaban J connectivity index is 1.96. The van der Waals surface area contributed by atoms with Crippen molar-refractivity contribution in [3.05, 3.63) is 29.3 Å². The fourth-order valence-electron chi connectivity index (χ4n) is 4.05. The Bertz CT molecular complexity index is 746.